The molecule has 0 spiro atoms. The fraction of sp³-hybridized carbons (Fsp3) is 0.652. The maximum absolute atomic E-state index is 11.9. The first-order chi connectivity index (χ1) is 16.7. The van der Waals surface area contributed by atoms with E-state index in [1.165, 1.54) is 0 Å². The van der Waals surface area contributed by atoms with E-state index in [1.54, 1.807) is 0 Å². The van der Waals surface area contributed by atoms with Crippen molar-refractivity contribution in [3.05, 3.63) is 0 Å². The summed E-state index contributed by atoms with van der Waals surface area (Å²) in [7, 11) is 0. The van der Waals surface area contributed by atoms with Crippen molar-refractivity contribution in [3.63, 3.8) is 0 Å². The number of unbranched alkanes of at least 4 members (excludes halogenated alkanes) is 4. The molecular formula is C23H30N2O10. The van der Waals surface area contributed by atoms with Crippen molar-refractivity contribution in [2.45, 2.75) is 96.3 Å². The first kappa shape index (κ1) is 27.8. The number of Topliss-reactive ketones (excluding diaryl/α,β-unsaturated/α-hetero) is 2. The van der Waals surface area contributed by atoms with Gasteiger partial charge in [-0.1, -0.05) is 12.8 Å². The second-order valence-electron chi connectivity index (χ2n) is 8.47. The number of nitrogens with zero attached hydrogens (tertiary/aromatic N) is 2. The van der Waals surface area contributed by atoms with Crippen molar-refractivity contribution in [1.29, 1.82) is 0 Å². The Kier molecular flexibility index (Phi) is 11.2. The van der Waals surface area contributed by atoms with E-state index in [-0.39, 0.29) is 69.4 Å². The van der Waals surface area contributed by atoms with Crippen LogP contribution in [0.3, 0.4) is 0 Å². The molecule has 2 aliphatic heterocycles. The first-order valence-corrected chi connectivity index (χ1v) is 11.8. The van der Waals surface area contributed by atoms with Gasteiger partial charge in [0.05, 0.1) is 6.42 Å². The molecule has 0 unspecified atom stereocenters. The second-order valence-corrected chi connectivity index (χ2v) is 8.47. The fourth-order valence-electron chi connectivity index (χ4n) is 3.54. The number of amides is 4. The largest absolute Gasteiger partial charge is 0.333 e. The van der Waals surface area contributed by atoms with Crippen LogP contribution in [0.25, 0.3) is 0 Å². The highest BCUT2D eigenvalue weighted by Gasteiger charge is 2.33. The van der Waals surface area contributed by atoms with Gasteiger partial charge in [-0.15, -0.1) is 10.1 Å². The minimum absolute atomic E-state index is 0.0162. The van der Waals surface area contributed by atoms with Crippen LogP contribution in [-0.2, 0) is 48.0 Å². The van der Waals surface area contributed by atoms with E-state index in [1.807, 2.05) is 0 Å². The standard InChI is InChI=1S/C23H30N2O10/c26-16(7-3-1-5-9-22(32)34-24-18(28)11-12-19(24)29)15-17(27)8-4-2-6-10-23(33)35-25-20(30)13-14-21(25)31/h1-15H2. The number of imide groups is 2. The van der Waals surface area contributed by atoms with E-state index in [0.717, 1.165) is 0 Å². The van der Waals surface area contributed by atoms with E-state index in [2.05, 4.69) is 0 Å². The Labute approximate surface area is 202 Å². The summed E-state index contributed by atoms with van der Waals surface area (Å²) in [5, 5.41) is 1.00. The number of hydrogen-bond donors (Lipinski definition) is 0. The molecule has 192 valence electrons. The molecule has 0 atom stereocenters. The predicted molar refractivity (Wildman–Crippen MR) is 115 cm³/mol. The van der Waals surface area contributed by atoms with Gasteiger partial charge in [0.2, 0.25) is 0 Å². The summed E-state index contributed by atoms with van der Waals surface area (Å²) in [6.07, 6.45) is 3.41. The van der Waals surface area contributed by atoms with E-state index in [9.17, 15) is 38.4 Å². The lowest BCUT2D eigenvalue weighted by molar-refractivity contribution is -0.197. The Morgan fingerprint density at radius 1 is 0.514 bits per heavy atom. The van der Waals surface area contributed by atoms with Crippen LogP contribution in [0.4, 0.5) is 0 Å². The molecule has 0 aromatic rings. The summed E-state index contributed by atoms with van der Waals surface area (Å²) in [4.78, 5) is 102. The molecular weight excluding hydrogens is 464 g/mol. The summed E-state index contributed by atoms with van der Waals surface area (Å²) >= 11 is 0. The average Bonchev–Trinajstić information content (AvgIpc) is 3.28. The molecule has 4 amide bonds. The molecule has 0 N–H and O–H groups in total. The normalized spacial score (nSPS) is 15.7. The van der Waals surface area contributed by atoms with Crippen LogP contribution in [0.1, 0.15) is 96.3 Å². The molecule has 2 fully saturated rings. The lowest BCUT2D eigenvalue weighted by atomic mass is 10.0. The summed E-state index contributed by atoms with van der Waals surface area (Å²) in [5.74, 6) is -3.86. The van der Waals surface area contributed by atoms with E-state index in [4.69, 9.17) is 9.68 Å². The van der Waals surface area contributed by atoms with Crippen molar-refractivity contribution in [2.24, 2.45) is 0 Å². The first-order valence-electron chi connectivity index (χ1n) is 11.8. The SMILES string of the molecule is O=C(CCCCCC(=O)ON1C(=O)CCC1=O)CC(=O)CCCCCC(=O)ON1C(=O)CCC1=O. The van der Waals surface area contributed by atoms with Gasteiger partial charge in [0.1, 0.15) is 11.6 Å². The molecule has 0 aromatic heterocycles. The maximum Gasteiger partial charge on any atom is 0.333 e. The topological polar surface area (TPSA) is 161 Å². The number of carbonyl (C=O) groups excluding carboxylic acids is 8. The van der Waals surface area contributed by atoms with Crippen LogP contribution in [0.5, 0.6) is 0 Å². The highest BCUT2D eigenvalue weighted by atomic mass is 16.7. The van der Waals surface area contributed by atoms with Crippen molar-refractivity contribution in [1.82, 2.24) is 10.1 Å². The molecule has 12 nitrogen and oxygen atoms in total. The lowest BCUT2D eigenvalue weighted by Gasteiger charge is -2.12. The minimum atomic E-state index is -0.679. The third-order valence-corrected chi connectivity index (χ3v) is 5.47. The predicted octanol–water partition coefficient (Wildman–Crippen LogP) is 1.63. The molecule has 0 bridgehead atoms. The Balaban J connectivity index is 1.45. The Bertz CT molecular complexity index is 780. The highest BCUT2D eigenvalue weighted by molar-refractivity contribution is 6.02. The van der Waals surface area contributed by atoms with Gasteiger partial charge in [-0.2, -0.15) is 0 Å². The Morgan fingerprint density at radius 2 is 0.829 bits per heavy atom. The molecule has 2 rings (SSSR count). The van der Waals surface area contributed by atoms with Crippen LogP contribution in [0, 0.1) is 0 Å². The lowest BCUT2D eigenvalue weighted by Crippen LogP contribution is -2.31. The minimum Gasteiger partial charge on any atom is -0.330 e. The number of hydroxylamine groups is 4. The second kappa shape index (κ2) is 14.1. The van der Waals surface area contributed by atoms with Gasteiger partial charge in [-0.25, -0.2) is 9.59 Å². The van der Waals surface area contributed by atoms with Gasteiger partial charge in [-0.05, 0) is 25.7 Å². The fourth-order valence-corrected chi connectivity index (χ4v) is 3.54. The molecule has 0 aromatic carbocycles. The smallest absolute Gasteiger partial charge is 0.330 e. The molecule has 12 heteroatoms. The monoisotopic (exact) mass is 494 g/mol. The van der Waals surface area contributed by atoms with Crippen LogP contribution < -0.4 is 0 Å². The van der Waals surface area contributed by atoms with Gasteiger partial charge in [-0.3, -0.25) is 28.8 Å². The highest BCUT2D eigenvalue weighted by Crippen LogP contribution is 2.15. The summed E-state index contributed by atoms with van der Waals surface area (Å²) in [6.45, 7) is 0. The Morgan fingerprint density at radius 3 is 1.17 bits per heavy atom. The van der Waals surface area contributed by atoms with Crippen LogP contribution >= 0.6 is 0 Å². The average molecular weight is 494 g/mol. The number of rotatable bonds is 16. The van der Waals surface area contributed by atoms with Crippen LogP contribution in [-0.4, -0.2) is 57.3 Å². The molecule has 0 saturated carbocycles. The number of carbonyl (C=O) groups is 8. The zero-order valence-electron chi connectivity index (χ0n) is 19.6. The Hall–Kier alpha value is -3.44. The molecule has 2 saturated heterocycles. The molecule has 0 aliphatic carbocycles. The van der Waals surface area contributed by atoms with Crippen molar-refractivity contribution in [3.8, 4) is 0 Å². The molecule has 35 heavy (non-hydrogen) atoms. The van der Waals surface area contributed by atoms with Crippen molar-refractivity contribution >= 4 is 47.1 Å². The van der Waals surface area contributed by atoms with Gasteiger partial charge in [0.25, 0.3) is 23.6 Å². The van der Waals surface area contributed by atoms with Gasteiger partial charge in [0.15, 0.2) is 0 Å². The van der Waals surface area contributed by atoms with E-state index < -0.39 is 35.6 Å². The van der Waals surface area contributed by atoms with Gasteiger partial charge >= 0.3 is 11.9 Å². The van der Waals surface area contributed by atoms with Crippen molar-refractivity contribution in [2.75, 3.05) is 0 Å². The summed E-state index contributed by atoms with van der Waals surface area (Å²) in [5.41, 5.74) is 0. The number of hydrogen-bond acceptors (Lipinski definition) is 10. The third-order valence-electron chi connectivity index (χ3n) is 5.47. The van der Waals surface area contributed by atoms with Gasteiger partial charge < -0.3 is 9.68 Å². The molecule has 2 aliphatic rings. The summed E-state index contributed by atoms with van der Waals surface area (Å²) < 4.78 is 0. The molecule has 0 radical (unpaired) electrons. The number of ketones is 2. The van der Waals surface area contributed by atoms with Crippen LogP contribution in [0.15, 0.2) is 0 Å². The van der Waals surface area contributed by atoms with Gasteiger partial charge in [0, 0.05) is 51.4 Å². The maximum atomic E-state index is 11.9. The van der Waals surface area contributed by atoms with Crippen molar-refractivity contribution < 1.29 is 48.0 Å². The molecule has 2 heterocycles. The zero-order chi connectivity index (χ0) is 25.8. The van der Waals surface area contributed by atoms with E-state index >= 15 is 0 Å². The third kappa shape index (κ3) is 9.75. The van der Waals surface area contributed by atoms with E-state index in [0.29, 0.717) is 48.7 Å². The zero-order valence-corrected chi connectivity index (χ0v) is 19.6. The quantitative estimate of drug-likeness (QED) is 0.175. The van der Waals surface area contributed by atoms with Crippen LogP contribution in [0.2, 0.25) is 0 Å². The summed E-state index contributed by atoms with van der Waals surface area (Å²) in [6, 6.07) is 0.